The number of fused-ring (bicyclic) bond motifs is 1. The predicted molar refractivity (Wildman–Crippen MR) is 96.3 cm³/mol. The van der Waals surface area contributed by atoms with Gasteiger partial charge < -0.3 is 10.6 Å². The maximum Gasteiger partial charge on any atom is 0.225 e. The van der Waals surface area contributed by atoms with Crippen LogP contribution in [0.5, 0.6) is 0 Å². The first-order valence-electron chi connectivity index (χ1n) is 8.56. The zero-order valence-electron chi connectivity index (χ0n) is 15.1. The monoisotopic (exact) mass is 340 g/mol. The van der Waals surface area contributed by atoms with Crippen molar-refractivity contribution in [1.29, 1.82) is 0 Å². The van der Waals surface area contributed by atoms with Crippen molar-refractivity contribution in [1.82, 2.24) is 15.1 Å². The Morgan fingerprint density at radius 1 is 1.36 bits per heavy atom. The summed E-state index contributed by atoms with van der Waals surface area (Å²) in [4.78, 5) is 23.9. The number of benzene rings is 1. The molecule has 6 heteroatoms. The van der Waals surface area contributed by atoms with E-state index in [4.69, 9.17) is 0 Å². The summed E-state index contributed by atoms with van der Waals surface area (Å²) in [6.45, 7) is 5.88. The molecule has 2 amide bonds. The predicted octanol–water partition coefficient (Wildman–Crippen LogP) is 2.34. The van der Waals surface area contributed by atoms with Gasteiger partial charge >= 0.3 is 0 Å². The van der Waals surface area contributed by atoms with Crippen LogP contribution in [-0.2, 0) is 29.5 Å². The molecule has 2 N–H and O–H groups in total. The minimum atomic E-state index is -0.0901. The van der Waals surface area contributed by atoms with Gasteiger partial charge in [0.05, 0.1) is 18.2 Å². The Kier molecular flexibility index (Phi) is 4.61. The zero-order valence-corrected chi connectivity index (χ0v) is 15.1. The van der Waals surface area contributed by atoms with E-state index in [-0.39, 0.29) is 17.9 Å². The summed E-state index contributed by atoms with van der Waals surface area (Å²) in [5, 5.41) is 10.3. The Hall–Kier alpha value is -2.63. The van der Waals surface area contributed by atoms with Crippen molar-refractivity contribution in [2.24, 2.45) is 7.05 Å². The van der Waals surface area contributed by atoms with Gasteiger partial charge in [0.1, 0.15) is 0 Å². The summed E-state index contributed by atoms with van der Waals surface area (Å²) in [6, 6.07) is 5.85. The van der Waals surface area contributed by atoms with Crippen LogP contribution in [-0.4, -0.2) is 21.6 Å². The van der Waals surface area contributed by atoms with Gasteiger partial charge in [-0.2, -0.15) is 5.10 Å². The van der Waals surface area contributed by atoms with E-state index in [9.17, 15) is 9.59 Å². The number of hydrogen-bond donors (Lipinski definition) is 2. The maximum atomic E-state index is 12.4. The van der Waals surface area contributed by atoms with Crippen LogP contribution in [0, 0.1) is 13.8 Å². The Morgan fingerprint density at radius 2 is 2.12 bits per heavy atom. The minimum Gasteiger partial charge on any atom is -0.349 e. The van der Waals surface area contributed by atoms with Crippen molar-refractivity contribution in [2.45, 2.75) is 46.1 Å². The average molecular weight is 340 g/mol. The molecule has 1 aromatic carbocycles. The molecule has 0 radical (unpaired) electrons. The minimum absolute atomic E-state index is 0.0160. The molecular weight excluding hydrogens is 316 g/mol. The Morgan fingerprint density at radius 3 is 2.80 bits per heavy atom. The molecule has 132 valence electrons. The summed E-state index contributed by atoms with van der Waals surface area (Å²) in [6.07, 6.45) is 1.58. The van der Waals surface area contributed by atoms with Gasteiger partial charge in [0.25, 0.3) is 0 Å². The van der Waals surface area contributed by atoms with E-state index in [1.54, 1.807) is 4.68 Å². The first kappa shape index (κ1) is 17.2. The number of nitrogens with zero attached hydrogens (tertiary/aromatic N) is 2. The highest BCUT2D eigenvalue weighted by Crippen LogP contribution is 2.26. The van der Waals surface area contributed by atoms with Gasteiger partial charge in [0.15, 0.2) is 0 Å². The largest absolute Gasteiger partial charge is 0.349 e. The Labute approximate surface area is 147 Å². The number of aryl methyl sites for hydroxylation is 3. The van der Waals surface area contributed by atoms with Crippen molar-refractivity contribution < 1.29 is 9.59 Å². The highest BCUT2D eigenvalue weighted by Gasteiger charge is 2.18. The van der Waals surface area contributed by atoms with Gasteiger partial charge in [-0.05, 0) is 44.4 Å². The Bertz CT molecular complexity index is 838. The van der Waals surface area contributed by atoms with E-state index < -0.39 is 0 Å². The molecule has 1 aromatic heterocycles. The van der Waals surface area contributed by atoms with Gasteiger partial charge in [-0.3, -0.25) is 14.3 Å². The number of carbonyl (C=O) groups excluding carboxylic acids is 2. The molecule has 0 spiro atoms. The van der Waals surface area contributed by atoms with Crippen LogP contribution in [0.2, 0.25) is 0 Å². The summed E-state index contributed by atoms with van der Waals surface area (Å²) in [5.41, 5.74) is 5.94. The molecule has 1 aliphatic rings. The van der Waals surface area contributed by atoms with Crippen molar-refractivity contribution in [2.75, 3.05) is 5.32 Å². The van der Waals surface area contributed by atoms with Crippen molar-refractivity contribution in [3.63, 3.8) is 0 Å². The molecule has 6 nitrogen and oxygen atoms in total. The van der Waals surface area contributed by atoms with Crippen LogP contribution in [0.4, 0.5) is 5.69 Å². The first-order valence-corrected chi connectivity index (χ1v) is 8.56. The standard InChI is InChI=1S/C19H24N4O2/c1-11(14-5-7-17-15(9-14)6-8-18(24)21-17)20-19(25)10-16-12(2)22-23(4)13(16)3/h5,7,9,11H,6,8,10H2,1-4H3,(H,20,25)(H,21,24). The molecule has 0 saturated heterocycles. The number of hydrogen-bond acceptors (Lipinski definition) is 3. The molecule has 0 fully saturated rings. The van der Waals surface area contributed by atoms with Gasteiger partial charge in [0, 0.05) is 30.4 Å². The van der Waals surface area contributed by atoms with Gasteiger partial charge in [-0.25, -0.2) is 0 Å². The summed E-state index contributed by atoms with van der Waals surface area (Å²) in [7, 11) is 1.89. The SMILES string of the molecule is Cc1nn(C)c(C)c1CC(=O)NC(C)c1ccc2c(c1)CCC(=O)N2. The number of amides is 2. The summed E-state index contributed by atoms with van der Waals surface area (Å²) >= 11 is 0. The number of anilines is 1. The lowest BCUT2D eigenvalue weighted by Gasteiger charge is -2.20. The van der Waals surface area contributed by atoms with Crippen LogP contribution >= 0.6 is 0 Å². The van der Waals surface area contributed by atoms with Crippen LogP contribution in [0.1, 0.15) is 47.5 Å². The second kappa shape index (κ2) is 6.70. The smallest absolute Gasteiger partial charge is 0.225 e. The van der Waals surface area contributed by atoms with E-state index in [1.165, 1.54) is 0 Å². The van der Waals surface area contributed by atoms with E-state index >= 15 is 0 Å². The van der Waals surface area contributed by atoms with Crippen molar-refractivity contribution in [3.05, 3.63) is 46.3 Å². The Balaban J connectivity index is 1.68. The molecule has 0 aliphatic carbocycles. The van der Waals surface area contributed by atoms with Gasteiger partial charge in [-0.15, -0.1) is 0 Å². The second-order valence-corrected chi connectivity index (χ2v) is 6.70. The third kappa shape index (κ3) is 3.57. The number of carbonyl (C=O) groups is 2. The van der Waals surface area contributed by atoms with E-state index in [2.05, 4.69) is 21.8 Å². The number of rotatable bonds is 4. The van der Waals surface area contributed by atoms with Crippen LogP contribution in [0.15, 0.2) is 18.2 Å². The molecule has 0 saturated carbocycles. The van der Waals surface area contributed by atoms with Gasteiger partial charge in [-0.1, -0.05) is 12.1 Å². The number of aromatic nitrogens is 2. The molecule has 1 aliphatic heterocycles. The molecule has 0 bridgehead atoms. The fourth-order valence-corrected chi connectivity index (χ4v) is 3.28. The van der Waals surface area contributed by atoms with Crippen LogP contribution < -0.4 is 10.6 Å². The average Bonchev–Trinajstić information content (AvgIpc) is 2.80. The highest BCUT2D eigenvalue weighted by molar-refractivity contribution is 5.93. The number of nitrogens with one attached hydrogen (secondary N) is 2. The van der Waals surface area contributed by atoms with E-state index in [0.29, 0.717) is 12.8 Å². The lowest BCUT2D eigenvalue weighted by atomic mass is 9.97. The third-order valence-electron chi connectivity index (χ3n) is 4.90. The molecule has 1 atom stereocenters. The maximum absolute atomic E-state index is 12.4. The molecule has 25 heavy (non-hydrogen) atoms. The zero-order chi connectivity index (χ0) is 18.1. The summed E-state index contributed by atoms with van der Waals surface area (Å²) in [5.74, 6) is 0.0431. The van der Waals surface area contributed by atoms with Crippen molar-refractivity contribution >= 4 is 17.5 Å². The lowest BCUT2D eigenvalue weighted by molar-refractivity contribution is -0.121. The molecule has 2 heterocycles. The quantitative estimate of drug-likeness (QED) is 0.897. The highest BCUT2D eigenvalue weighted by atomic mass is 16.2. The molecular formula is C19H24N4O2. The van der Waals surface area contributed by atoms with E-state index in [1.807, 2.05) is 40.0 Å². The second-order valence-electron chi connectivity index (χ2n) is 6.70. The molecule has 3 rings (SSSR count). The topological polar surface area (TPSA) is 76.0 Å². The molecule has 1 unspecified atom stereocenters. The van der Waals surface area contributed by atoms with Crippen molar-refractivity contribution in [3.8, 4) is 0 Å². The summed E-state index contributed by atoms with van der Waals surface area (Å²) < 4.78 is 1.80. The first-order chi connectivity index (χ1) is 11.8. The van der Waals surface area contributed by atoms with Crippen LogP contribution in [0.3, 0.4) is 0 Å². The lowest BCUT2D eigenvalue weighted by Crippen LogP contribution is -2.28. The fraction of sp³-hybridized carbons (Fsp3) is 0.421. The van der Waals surface area contributed by atoms with E-state index in [0.717, 1.165) is 40.2 Å². The van der Waals surface area contributed by atoms with Gasteiger partial charge in [0.2, 0.25) is 11.8 Å². The van der Waals surface area contributed by atoms with Crippen LogP contribution in [0.25, 0.3) is 0 Å². The molecule has 2 aromatic rings. The normalized spacial score (nSPS) is 14.6. The fourth-order valence-electron chi connectivity index (χ4n) is 3.28. The third-order valence-corrected chi connectivity index (χ3v) is 4.90.